The molecule has 2 aromatic rings. The van der Waals surface area contributed by atoms with Crippen LogP contribution in [0.4, 0.5) is 10.5 Å². The number of carbonyl (C=O) groups is 2. The van der Waals surface area contributed by atoms with E-state index in [0.29, 0.717) is 11.3 Å². The smallest absolute Gasteiger partial charge is 0.414 e. The van der Waals surface area contributed by atoms with Gasteiger partial charge in [-0.1, -0.05) is 23.7 Å². The second-order valence-corrected chi connectivity index (χ2v) is 8.51. The van der Waals surface area contributed by atoms with Crippen LogP contribution in [-0.2, 0) is 19.0 Å². The molecular weight excluding hydrogens is 434 g/mol. The van der Waals surface area contributed by atoms with E-state index in [1.807, 2.05) is 0 Å². The standard InChI is InChI=1S/C19H18ClN3O6S/c1-30(26,27)28-11-14-10-23(19(25)29-14)13-8-6-12(7-9-13)17(21)22-18(24)15-4-2-3-5-16(15)20/h2-9,14H,10-11H2,1H3,(H2,21,22,24). The van der Waals surface area contributed by atoms with Crippen molar-refractivity contribution < 1.29 is 26.9 Å². The first-order valence-corrected chi connectivity index (χ1v) is 10.9. The van der Waals surface area contributed by atoms with Crippen LogP contribution in [0.15, 0.2) is 48.5 Å². The van der Waals surface area contributed by atoms with E-state index < -0.39 is 28.2 Å². The van der Waals surface area contributed by atoms with Crippen molar-refractivity contribution in [1.82, 2.24) is 5.32 Å². The number of anilines is 1. The molecule has 3 rings (SSSR count). The molecule has 0 saturated carbocycles. The Hall–Kier alpha value is -2.95. The summed E-state index contributed by atoms with van der Waals surface area (Å²) in [5.74, 6) is -0.638. The van der Waals surface area contributed by atoms with Crippen LogP contribution in [-0.4, -0.2) is 51.8 Å². The number of ether oxygens (including phenoxy) is 1. The van der Waals surface area contributed by atoms with E-state index in [9.17, 15) is 18.0 Å². The molecule has 11 heteroatoms. The van der Waals surface area contributed by atoms with Crippen molar-refractivity contribution in [2.45, 2.75) is 6.10 Å². The number of hydrogen-bond acceptors (Lipinski definition) is 7. The molecule has 0 radical (unpaired) electrons. The molecule has 0 spiro atoms. The summed E-state index contributed by atoms with van der Waals surface area (Å²) in [4.78, 5) is 25.7. The largest absolute Gasteiger partial charge is 0.441 e. The molecule has 2 aromatic carbocycles. The second kappa shape index (κ2) is 8.82. The molecule has 0 aliphatic carbocycles. The maximum absolute atomic E-state index is 12.3. The van der Waals surface area contributed by atoms with E-state index in [1.165, 1.54) is 4.90 Å². The first-order chi connectivity index (χ1) is 14.1. The summed E-state index contributed by atoms with van der Waals surface area (Å²) in [5.41, 5.74) is 1.17. The summed E-state index contributed by atoms with van der Waals surface area (Å²) < 4.78 is 31.9. The first-order valence-electron chi connectivity index (χ1n) is 8.71. The SMILES string of the molecule is CS(=O)(=O)OCC1CN(c2ccc(C(=N)NC(=O)c3ccccc3Cl)cc2)C(=O)O1. The van der Waals surface area contributed by atoms with E-state index in [-0.39, 0.29) is 29.6 Å². The molecule has 1 saturated heterocycles. The molecular formula is C19H18ClN3O6S. The molecule has 1 atom stereocenters. The molecule has 158 valence electrons. The fraction of sp³-hybridized carbons (Fsp3) is 0.211. The van der Waals surface area contributed by atoms with Crippen molar-refractivity contribution in [3.8, 4) is 0 Å². The van der Waals surface area contributed by atoms with Gasteiger partial charge in [-0.3, -0.25) is 19.3 Å². The highest BCUT2D eigenvalue weighted by Gasteiger charge is 2.33. The van der Waals surface area contributed by atoms with Crippen molar-refractivity contribution in [2.75, 3.05) is 24.3 Å². The lowest BCUT2D eigenvalue weighted by molar-refractivity contribution is 0.0977. The highest BCUT2D eigenvalue weighted by molar-refractivity contribution is 7.85. The number of carbonyl (C=O) groups excluding carboxylic acids is 2. The van der Waals surface area contributed by atoms with Crippen molar-refractivity contribution in [2.24, 2.45) is 0 Å². The fourth-order valence-corrected chi connectivity index (χ4v) is 3.35. The van der Waals surface area contributed by atoms with Gasteiger partial charge in [-0.25, -0.2) is 4.79 Å². The lowest BCUT2D eigenvalue weighted by atomic mass is 10.1. The molecule has 1 fully saturated rings. The number of halogens is 1. The average Bonchev–Trinajstić information content (AvgIpc) is 3.07. The summed E-state index contributed by atoms with van der Waals surface area (Å²) >= 11 is 5.99. The summed E-state index contributed by atoms with van der Waals surface area (Å²) in [5, 5.41) is 10.8. The van der Waals surface area contributed by atoms with Crippen LogP contribution in [0.1, 0.15) is 15.9 Å². The Bertz CT molecular complexity index is 1090. The minimum Gasteiger partial charge on any atom is -0.441 e. The van der Waals surface area contributed by atoms with Gasteiger partial charge in [0, 0.05) is 11.3 Å². The number of cyclic esters (lactones) is 1. The van der Waals surface area contributed by atoms with Gasteiger partial charge in [0.25, 0.3) is 16.0 Å². The Morgan fingerprint density at radius 3 is 2.57 bits per heavy atom. The number of amidine groups is 1. The minimum absolute atomic E-state index is 0.119. The highest BCUT2D eigenvalue weighted by atomic mass is 35.5. The molecule has 9 nitrogen and oxygen atoms in total. The molecule has 30 heavy (non-hydrogen) atoms. The molecule has 1 unspecified atom stereocenters. The van der Waals surface area contributed by atoms with Crippen LogP contribution < -0.4 is 10.2 Å². The Morgan fingerprint density at radius 1 is 1.27 bits per heavy atom. The molecule has 2 amide bonds. The van der Waals surface area contributed by atoms with E-state index in [2.05, 4.69) is 9.50 Å². The van der Waals surface area contributed by atoms with Gasteiger partial charge in [-0.05, 0) is 36.4 Å². The number of amides is 2. The second-order valence-electron chi connectivity index (χ2n) is 6.46. The molecule has 1 aliphatic heterocycles. The van der Waals surface area contributed by atoms with Gasteiger partial charge in [0.2, 0.25) is 0 Å². The van der Waals surface area contributed by atoms with E-state index >= 15 is 0 Å². The van der Waals surface area contributed by atoms with Crippen molar-refractivity contribution in [3.05, 3.63) is 64.7 Å². The summed E-state index contributed by atoms with van der Waals surface area (Å²) in [6.45, 7) is -0.147. The molecule has 1 aliphatic rings. The van der Waals surface area contributed by atoms with E-state index in [1.54, 1.807) is 48.5 Å². The monoisotopic (exact) mass is 451 g/mol. The van der Waals surface area contributed by atoms with Crippen LogP contribution in [0.3, 0.4) is 0 Å². The first kappa shape index (κ1) is 21.8. The van der Waals surface area contributed by atoms with Crippen LogP contribution in [0.2, 0.25) is 5.02 Å². The minimum atomic E-state index is -3.64. The summed E-state index contributed by atoms with van der Waals surface area (Å²) in [7, 11) is -3.64. The predicted octanol–water partition coefficient (Wildman–Crippen LogP) is 2.40. The zero-order chi connectivity index (χ0) is 21.9. The van der Waals surface area contributed by atoms with Gasteiger partial charge >= 0.3 is 6.09 Å². The van der Waals surface area contributed by atoms with Crippen molar-refractivity contribution in [1.29, 1.82) is 5.41 Å². The zero-order valence-corrected chi connectivity index (χ0v) is 17.4. The third kappa shape index (κ3) is 5.35. The quantitative estimate of drug-likeness (QED) is 0.394. The topological polar surface area (TPSA) is 126 Å². The van der Waals surface area contributed by atoms with Gasteiger partial charge in [0.05, 0.1) is 23.4 Å². The van der Waals surface area contributed by atoms with Gasteiger partial charge < -0.3 is 10.1 Å². The lowest BCUT2D eigenvalue weighted by Crippen LogP contribution is -2.31. The molecule has 1 heterocycles. The van der Waals surface area contributed by atoms with Crippen LogP contribution >= 0.6 is 11.6 Å². The van der Waals surface area contributed by atoms with Gasteiger partial charge in [0.15, 0.2) is 0 Å². The highest BCUT2D eigenvalue weighted by Crippen LogP contribution is 2.23. The van der Waals surface area contributed by atoms with E-state index in [0.717, 1.165) is 6.26 Å². The average molecular weight is 452 g/mol. The van der Waals surface area contributed by atoms with Crippen LogP contribution in [0.5, 0.6) is 0 Å². The maximum Gasteiger partial charge on any atom is 0.414 e. The normalized spacial score (nSPS) is 16.3. The Kier molecular flexibility index (Phi) is 6.40. The number of benzene rings is 2. The van der Waals surface area contributed by atoms with Gasteiger partial charge in [-0.15, -0.1) is 0 Å². The summed E-state index contributed by atoms with van der Waals surface area (Å²) in [6.07, 6.45) is -0.438. The fourth-order valence-electron chi connectivity index (χ4n) is 2.73. The van der Waals surface area contributed by atoms with Gasteiger partial charge in [-0.2, -0.15) is 8.42 Å². The predicted molar refractivity (Wildman–Crippen MR) is 111 cm³/mol. The van der Waals surface area contributed by atoms with Crippen LogP contribution in [0, 0.1) is 5.41 Å². The van der Waals surface area contributed by atoms with Gasteiger partial charge in [0.1, 0.15) is 18.5 Å². The van der Waals surface area contributed by atoms with E-state index in [4.69, 9.17) is 21.7 Å². The van der Waals surface area contributed by atoms with Crippen molar-refractivity contribution in [3.63, 3.8) is 0 Å². The zero-order valence-electron chi connectivity index (χ0n) is 15.8. The van der Waals surface area contributed by atoms with Crippen molar-refractivity contribution >= 4 is 45.2 Å². The number of nitrogens with one attached hydrogen (secondary N) is 2. The Balaban J connectivity index is 1.63. The Labute approximate surface area is 178 Å². The molecule has 0 aromatic heterocycles. The number of rotatable bonds is 6. The summed E-state index contributed by atoms with van der Waals surface area (Å²) in [6, 6.07) is 12.8. The Morgan fingerprint density at radius 2 is 1.93 bits per heavy atom. The molecule has 2 N–H and O–H groups in total. The number of hydrogen-bond donors (Lipinski definition) is 2. The maximum atomic E-state index is 12.3. The lowest BCUT2D eigenvalue weighted by Gasteiger charge is -2.14. The van der Waals surface area contributed by atoms with Crippen LogP contribution in [0.25, 0.3) is 0 Å². The molecule has 0 bridgehead atoms. The number of nitrogens with zero attached hydrogens (tertiary/aromatic N) is 1. The third-order valence-corrected chi connectivity index (χ3v) is 5.06. The third-order valence-electron chi connectivity index (χ3n) is 4.17.